The number of piperidine rings is 1. The normalized spacial score (nSPS) is 22.4. The molecule has 110 valence electrons. The summed E-state index contributed by atoms with van der Waals surface area (Å²) in [6.45, 7) is 1.18. The van der Waals surface area contributed by atoms with Crippen molar-refractivity contribution in [3.8, 4) is 5.69 Å². The van der Waals surface area contributed by atoms with Crippen LogP contribution in [0.3, 0.4) is 0 Å². The lowest BCUT2D eigenvalue weighted by Gasteiger charge is -2.23. The van der Waals surface area contributed by atoms with Crippen LogP contribution < -0.4 is 5.32 Å². The highest BCUT2D eigenvalue weighted by Gasteiger charge is 2.27. The summed E-state index contributed by atoms with van der Waals surface area (Å²) in [5.74, 6) is 0.735. The molecule has 2 aliphatic rings. The Labute approximate surface area is 126 Å². The van der Waals surface area contributed by atoms with Gasteiger partial charge in [-0.05, 0) is 62.4 Å². The number of benzene rings is 1. The van der Waals surface area contributed by atoms with Crippen LogP contribution in [0.15, 0.2) is 36.5 Å². The van der Waals surface area contributed by atoms with E-state index < -0.39 is 0 Å². The van der Waals surface area contributed by atoms with Gasteiger partial charge in [0.2, 0.25) is 0 Å². The molecule has 1 N–H and O–H groups in total. The van der Waals surface area contributed by atoms with Crippen molar-refractivity contribution in [3.05, 3.63) is 47.8 Å². The molecule has 1 unspecified atom stereocenters. The maximum Gasteiger partial charge on any atom is 0.0649 e. The van der Waals surface area contributed by atoms with Crippen LogP contribution in [-0.4, -0.2) is 22.4 Å². The van der Waals surface area contributed by atoms with Crippen molar-refractivity contribution in [2.45, 2.75) is 50.5 Å². The van der Waals surface area contributed by atoms with Crippen molar-refractivity contribution >= 4 is 0 Å². The van der Waals surface area contributed by atoms with E-state index >= 15 is 0 Å². The van der Waals surface area contributed by atoms with Crippen LogP contribution in [0, 0.1) is 0 Å². The van der Waals surface area contributed by atoms with Crippen molar-refractivity contribution in [2.75, 3.05) is 6.54 Å². The second kappa shape index (κ2) is 5.64. The molecular formula is C18H23N3. The number of nitrogens with one attached hydrogen (secondary N) is 1. The SMILES string of the molecule is c1cc(C2CC2)n(-c2ccc(CC3CCCCN3)cc2)n1. The molecule has 1 saturated carbocycles. The Bertz CT molecular complexity index is 589. The fourth-order valence-corrected chi connectivity index (χ4v) is 3.37. The highest BCUT2D eigenvalue weighted by atomic mass is 15.3. The maximum atomic E-state index is 4.50. The Kier molecular flexibility index (Phi) is 3.52. The van der Waals surface area contributed by atoms with Crippen molar-refractivity contribution < 1.29 is 0 Å². The van der Waals surface area contributed by atoms with E-state index in [1.165, 1.54) is 55.6 Å². The van der Waals surface area contributed by atoms with Crippen LogP contribution >= 0.6 is 0 Å². The monoisotopic (exact) mass is 281 g/mol. The van der Waals surface area contributed by atoms with Gasteiger partial charge in [-0.2, -0.15) is 5.10 Å². The van der Waals surface area contributed by atoms with Gasteiger partial charge in [-0.3, -0.25) is 0 Å². The molecule has 2 heterocycles. The average molecular weight is 281 g/mol. The molecule has 1 aromatic heterocycles. The van der Waals surface area contributed by atoms with Crippen LogP contribution in [0.5, 0.6) is 0 Å². The van der Waals surface area contributed by atoms with Crippen molar-refractivity contribution in [2.24, 2.45) is 0 Å². The number of hydrogen-bond donors (Lipinski definition) is 1. The molecule has 1 aromatic carbocycles. The lowest BCUT2D eigenvalue weighted by Crippen LogP contribution is -2.35. The topological polar surface area (TPSA) is 29.9 Å². The number of hydrogen-bond acceptors (Lipinski definition) is 2. The summed E-state index contributed by atoms with van der Waals surface area (Å²) in [6.07, 6.45) is 9.72. The van der Waals surface area contributed by atoms with Gasteiger partial charge in [0.05, 0.1) is 5.69 Å². The minimum absolute atomic E-state index is 0.663. The van der Waals surface area contributed by atoms with Gasteiger partial charge in [0.25, 0.3) is 0 Å². The minimum atomic E-state index is 0.663. The van der Waals surface area contributed by atoms with Gasteiger partial charge in [0, 0.05) is 23.9 Å². The second-order valence-electron chi connectivity index (χ2n) is 6.46. The lowest BCUT2D eigenvalue weighted by atomic mass is 9.98. The number of rotatable bonds is 4. The van der Waals surface area contributed by atoms with E-state index in [0.29, 0.717) is 6.04 Å². The smallest absolute Gasteiger partial charge is 0.0649 e. The minimum Gasteiger partial charge on any atom is -0.314 e. The first-order valence-electron chi connectivity index (χ1n) is 8.27. The molecule has 4 rings (SSSR count). The number of nitrogens with zero attached hydrogens (tertiary/aromatic N) is 2. The van der Waals surface area contributed by atoms with Crippen LogP contribution in [0.25, 0.3) is 5.69 Å². The Morgan fingerprint density at radius 2 is 1.90 bits per heavy atom. The van der Waals surface area contributed by atoms with E-state index in [9.17, 15) is 0 Å². The third-order valence-electron chi connectivity index (χ3n) is 4.74. The van der Waals surface area contributed by atoms with Crippen molar-refractivity contribution in [3.63, 3.8) is 0 Å². The Morgan fingerprint density at radius 1 is 1.05 bits per heavy atom. The van der Waals surface area contributed by atoms with E-state index in [1.54, 1.807) is 0 Å². The molecule has 1 aliphatic heterocycles. The van der Waals surface area contributed by atoms with Gasteiger partial charge in [-0.1, -0.05) is 18.6 Å². The van der Waals surface area contributed by atoms with Gasteiger partial charge in [0.1, 0.15) is 0 Å². The Hall–Kier alpha value is -1.61. The highest BCUT2D eigenvalue weighted by molar-refractivity contribution is 5.37. The summed E-state index contributed by atoms with van der Waals surface area (Å²) in [4.78, 5) is 0. The van der Waals surface area contributed by atoms with Crippen molar-refractivity contribution in [1.82, 2.24) is 15.1 Å². The molecule has 1 atom stereocenters. The average Bonchev–Trinajstić information content (AvgIpc) is 3.26. The van der Waals surface area contributed by atoms with Crippen LogP contribution in [-0.2, 0) is 6.42 Å². The fourth-order valence-electron chi connectivity index (χ4n) is 3.37. The number of aromatic nitrogens is 2. The quantitative estimate of drug-likeness (QED) is 0.930. The van der Waals surface area contributed by atoms with E-state index in [1.807, 2.05) is 6.20 Å². The van der Waals surface area contributed by atoms with Crippen LogP contribution in [0.1, 0.15) is 49.3 Å². The summed E-state index contributed by atoms with van der Waals surface area (Å²) < 4.78 is 2.11. The first-order chi connectivity index (χ1) is 10.4. The maximum absolute atomic E-state index is 4.50. The summed E-state index contributed by atoms with van der Waals surface area (Å²) in [5, 5.41) is 8.12. The predicted molar refractivity (Wildman–Crippen MR) is 84.9 cm³/mol. The first-order valence-corrected chi connectivity index (χ1v) is 8.27. The first kappa shape index (κ1) is 13.1. The molecule has 3 nitrogen and oxygen atoms in total. The summed E-state index contributed by atoms with van der Waals surface area (Å²) in [5.41, 5.74) is 4.00. The highest BCUT2D eigenvalue weighted by Crippen LogP contribution is 2.40. The Balaban J connectivity index is 1.49. The van der Waals surface area contributed by atoms with Gasteiger partial charge in [0.15, 0.2) is 0 Å². The molecular weight excluding hydrogens is 258 g/mol. The van der Waals surface area contributed by atoms with Gasteiger partial charge < -0.3 is 5.32 Å². The van der Waals surface area contributed by atoms with E-state index in [0.717, 1.165) is 12.3 Å². The summed E-state index contributed by atoms with van der Waals surface area (Å²) in [7, 11) is 0. The second-order valence-corrected chi connectivity index (χ2v) is 6.46. The third-order valence-corrected chi connectivity index (χ3v) is 4.74. The van der Waals surface area contributed by atoms with Crippen LogP contribution in [0.2, 0.25) is 0 Å². The van der Waals surface area contributed by atoms with Gasteiger partial charge in [-0.15, -0.1) is 0 Å². The van der Waals surface area contributed by atoms with E-state index in [2.05, 4.69) is 45.4 Å². The standard InChI is InChI=1S/C18H23N3/c1-2-11-19-16(3-1)13-14-4-8-17(9-5-14)21-18(10-12-20-21)15-6-7-15/h4-5,8-10,12,15-16,19H,1-3,6-7,11,13H2. The third kappa shape index (κ3) is 2.88. The molecule has 1 saturated heterocycles. The molecule has 2 aromatic rings. The molecule has 0 spiro atoms. The summed E-state index contributed by atoms with van der Waals surface area (Å²) >= 11 is 0. The van der Waals surface area contributed by atoms with Crippen LogP contribution in [0.4, 0.5) is 0 Å². The zero-order valence-electron chi connectivity index (χ0n) is 12.5. The predicted octanol–water partition coefficient (Wildman–Crippen LogP) is 3.43. The largest absolute Gasteiger partial charge is 0.314 e. The van der Waals surface area contributed by atoms with Crippen molar-refractivity contribution in [1.29, 1.82) is 0 Å². The molecule has 0 amide bonds. The van der Waals surface area contributed by atoms with E-state index in [4.69, 9.17) is 0 Å². The zero-order chi connectivity index (χ0) is 14.1. The lowest BCUT2D eigenvalue weighted by molar-refractivity contribution is 0.399. The molecule has 3 heteroatoms. The fraction of sp³-hybridized carbons (Fsp3) is 0.500. The van der Waals surface area contributed by atoms with Gasteiger partial charge in [-0.25, -0.2) is 4.68 Å². The molecule has 0 radical (unpaired) electrons. The van der Waals surface area contributed by atoms with E-state index in [-0.39, 0.29) is 0 Å². The zero-order valence-corrected chi connectivity index (χ0v) is 12.5. The molecule has 21 heavy (non-hydrogen) atoms. The summed E-state index contributed by atoms with van der Waals surface area (Å²) in [6, 6.07) is 11.8. The molecule has 2 fully saturated rings. The molecule has 1 aliphatic carbocycles. The van der Waals surface area contributed by atoms with Gasteiger partial charge >= 0.3 is 0 Å². The Morgan fingerprint density at radius 3 is 2.62 bits per heavy atom. The molecule has 0 bridgehead atoms.